The van der Waals surface area contributed by atoms with Crippen LogP contribution in [0, 0.1) is 11.8 Å². The van der Waals surface area contributed by atoms with Gasteiger partial charge < -0.3 is 16.2 Å². The van der Waals surface area contributed by atoms with Gasteiger partial charge in [-0.3, -0.25) is 4.79 Å². The molecule has 0 aromatic heterocycles. The van der Waals surface area contributed by atoms with E-state index < -0.39 is 0 Å². The molecule has 2 atom stereocenters. The van der Waals surface area contributed by atoms with Crippen molar-refractivity contribution in [3.05, 3.63) is 28.8 Å². The number of aliphatic hydroxyl groups is 1. The molecule has 20 heavy (non-hydrogen) atoms. The van der Waals surface area contributed by atoms with Crippen molar-refractivity contribution in [1.29, 1.82) is 0 Å². The Kier molecular flexibility index (Phi) is 5.26. The fraction of sp³-hybridized carbons (Fsp3) is 0.533. The predicted molar refractivity (Wildman–Crippen MR) is 80.7 cm³/mol. The molecule has 0 spiro atoms. The van der Waals surface area contributed by atoms with Crippen LogP contribution in [-0.2, 0) is 0 Å². The monoisotopic (exact) mass is 296 g/mol. The second-order valence-corrected chi connectivity index (χ2v) is 5.84. The number of hydrogen-bond donors (Lipinski definition) is 3. The number of benzene rings is 1. The summed E-state index contributed by atoms with van der Waals surface area (Å²) < 4.78 is 0. The van der Waals surface area contributed by atoms with Gasteiger partial charge in [-0.05, 0) is 42.9 Å². The Bertz CT molecular complexity index is 479. The standard InChI is InChI=1S/C15H21ClN2O2/c16-13-6-5-10(7-14(13)17)15(20)18-8-11-3-1-2-4-12(11)9-19/h5-7,11-12,19H,1-4,8-9,17H2,(H,18,20). The lowest BCUT2D eigenvalue weighted by atomic mass is 9.79. The molecule has 1 saturated carbocycles. The average molecular weight is 297 g/mol. The van der Waals surface area contributed by atoms with Crippen molar-refractivity contribution in [2.75, 3.05) is 18.9 Å². The van der Waals surface area contributed by atoms with Gasteiger partial charge in [0, 0.05) is 18.7 Å². The van der Waals surface area contributed by atoms with E-state index in [1.807, 2.05) is 0 Å². The van der Waals surface area contributed by atoms with Crippen LogP contribution < -0.4 is 11.1 Å². The molecule has 0 saturated heterocycles. The molecule has 2 rings (SSSR count). The molecular formula is C15H21ClN2O2. The van der Waals surface area contributed by atoms with Gasteiger partial charge in [-0.15, -0.1) is 0 Å². The smallest absolute Gasteiger partial charge is 0.251 e. The zero-order valence-corrected chi connectivity index (χ0v) is 12.2. The minimum Gasteiger partial charge on any atom is -0.398 e. The summed E-state index contributed by atoms with van der Waals surface area (Å²) in [5.41, 5.74) is 6.62. The lowest BCUT2D eigenvalue weighted by Crippen LogP contribution is -2.35. The van der Waals surface area contributed by atoms with E-state index in [1.54, 1.807) is 18.2 Å². The SMILES string of the molecule is Nc1cc(C(=O)NCC2CCCCC2CO)ccc1Cl. The molecule has 5 heteroatoms. The molecule has 0 bridgehead atoms. The van der Waals surface area contributed by atoms with E-state index in [0.29, 0.717) is 34.7 Å². The van der Waals surface area contributed by atoms with Crippen molar-refractivity contribution < 1.29 is 9.90 Å². The summed E-state index contributed by atoms with van der Waals surface area (Å²) in [6.07, 6.45) is 4.45. The summed E-state index contributed by atoms with van der Waals surface area (Å²) in [7, 11) is 0. The van der Waals surface area contributed by atoms with Crippen LogP contribution in [0.1, 0.15) is 36.0 Å². The van der Waals surface area contributed by atoms with Gasteiger partial charge in [0.2, 0.25) is 0 Å². The van der Waals surface area contributed by atoms with Crippen molar-refractivity contribution in [3.8, 4) is 0 Å². The molecule has 1 aliphatic carbocycles. The number of anilines is 1. The van der Waals surface area contributed by atoms with E-state index in [2.05, 4.69) is 5.32 Å². The number of rotatable bonds is 4. The average Bonchev–Trinajstić information content (AvgIpc) is 2.47. The van der Waals surface area contributed by atoms with Crippen LogP contribution in [0.3, 0.4) is 0 Å². The summed E-state index contributed by atoms with van der Waals surface area (Å²) in [5, 5.41) is 12.8. The number of hydrogen-bond acceptors (Lipinski definition) is 3. The first-order chi connectivity index (χ1) is 9.61. The molecule has 0 aliphatic heterocycles. The first-order valence-corrected chi connectivity index (χ1v) is 7.43. The van der Waals surface area contributed by atoms with Crippen LogP contribution >= 0.6 is 11.6 Å². The van der Waals surface area contributed by atoms with Gasteiger partial charge >= 0.3 is 0 Å². The Hall–Kier alpha value is -1.26. The van der Waals surface area contributed by atoms with Crippen LogP contribution in [0.4, 0.5) is 5.69 Å². The number of carbonyl (C=O) groups is 1. The largest absolute Gasteiger partial charge is 0.398 e. The molecule has 4 nitrogen and oxygen atoms in total. The topological polar surface area (TPSA) is 75.4 Å². The minimum absolute atomic E-state index is 0.143. The normalized spacial score (nSPS) is 22.5. The fourth-order valence-corrected chi connectivity index (χ4v) is 2.92. The maximum atomic E-state index is 12.1. The number of amides is 1. The summed E-state index contributed by atoms with van der Waals surface area (Å²) in [4.78, 5) is 12.1. The van der Waals surface area contributed by atoms with E-state index >= 15 is 0 Å². The molecule has 1 aromatic carbocycles. The number of nitrogen functional groups attached to an aromatic ring is 1. The maximum Gasteiger partial charge on any atom is 0.251 e. The minimum atomic E-state index is -0.143. The second kappa shape index (κ2) is 6.95. The van der Waals surface area contributed by atoms with Gasteiger partial charge in [0.05, 0.1) is 10.7 Å². The first kappa shape index (κ1) is 15.1. The van der Waals surface area contributed by atoms with Crippen molar-refractivity contribution in [3.63, 3.8) is 0 Å². The Morgan fingerprint density at radius 3 is 2.70 bits per heavy atom. The Balaban J connectivity index is 1.92. The highest BCUT2D eigenvalue weighted by molar-refractivity contribution is 6.33. The van der Waals surface area contributed by atoms with Crippen LogP contribution in [0.2, 0.25) is 5.02 Å². The molecule has 4 N–H and O–H groups in total. The lowest BCUT2D eigenvalue weighted by Gasteiger charge is -2.30. The number of carbonyl (C=O) groups excluding carboxylic acids is 1. The molecule has 2 unspecified atom stereocenters. The van der Waals surface area contributed by atoms with Gasteiger partial charge in [-0.1, -0.05) is 24.4 Å². The van der Waals surface area contributed by atoms with Crippen LogP contribution in [0.25, 0.3) is 0 Å². The Morgan fingerprint density at radius 1 is 1.35 bits per heavy atom. The number of nitrogens with two attached hydrogens (primary N) is 1. The molecule has 1 fully saturated rings. The number of halogens is 1. The van der Waals surface area contributed by atoms with Crippen molar-refractivity contribution >= 4 is 23.2 Å². The van der Waals surface area contributed by atoms with E-state index in [4.69, 9.17) is 17.3 Å². The molecular weight excluding hydrogens is 276 g/mol. The summed E-state index contributed by atoms with van der Waals surface area (Å²) in [5.74, 6) is 0.525. The van der Waals surface area contributed by atoms with Gasteiger partial charge in [0.25, 0.3) is 5.91 Å². The van der Waals surface area contributed by atoms with Crippen LogP contribution in [-0.4, -0.2) is 24.2 Å². The van der Waals surface area contributed by atoms with E-state index in [1.165, 1.54) is 12.8 Å². The van der Waals surface area contributed by atoms with Crippen molar-refractivity contribution in [2.24, 2.45) is 11.8 Å². The van der Waals surface area contributed by atoms with E-state index in [0.717, 1.165) is 12.8 Å². The third-order valence-corrected chi connectivity index (χ3v) is 4.43. The summed E-state index contributed by atoms with van der Waals surface area (Å²) >= 11 is 5.84. The van der Waals surface area contributed by atoms with Gasteiger partial charge in [-0.2, -0.15) is 0 Å². The zero-order valence-electron chi connectivity index (χ0n) is 11.4. The van der Waals surface area contributed by atoms with Gasteiger partial charge in [0.15, 0.2) is 0 Å². The second-order valence-electron chi connectivity index (χ2n) is 5.43. The van der Waals surface area contributed by atoms with Crippen molar-refractivity contribution in [2.45, 2.75) is 25.7 Å². The highest BCUT2D eigenvalue weighted by atomic mass is 35.5. The number of aliphatic hydroxyl groups excluding tert-OH is 1. The molecule has 0 heterocycles. The number of nitrogens with one attached hydrogen (secondary N) is 1. The summed E-state index contributed by atoms with van der Waals surface area (Å²) in [6.45, 7) is 0.807. The molecule has 1 amide bonds. The summed E-state index contributed by atoms with van der Waals surface area (Å²) in [6, 6.07) is 4.88. The molecule has 1 aromatic rings. The quantitative estimate of drug-likeness (QED) is 0.747. The van der Waals surface area contributed by atoms with E-state index in [9.17, 15) is 9.90 Å². The third kappa shape index (κ3) is 3.64. The van der Waals surface area contributed by atoms with Gasteiger partial charge in [-0.25, -0.2) is 0 Å². The zero-order chi connectivity index (χ0) is 14.5. The lowest BCUT2D eigenvalue weighted by molar-refractivity contribution is 0.0909. The fourth-order valence-electron chi connectivity index (χ4n) is 2.80. The highest BCUT2D eigenvalue weighted by Crippen LogP contribution is 2.29. The molecule has 0 radical (unpaired) electrons. The Morgan fingerprint density at radius 2 is 2.05 bits per heavy atom. The Labute approximate surface area is 124 Å². The van der Waals surface area contributed by atoms with Crippen LogP contribution in [0.5, 0.6) is 0 Å². The molecule has 110 valence electrons. The first-order valence-electron chi connectivity index (χ1n) is 7.06. The van der Waals surface area contributed by atoms with Crippen molar-refractivity contribution in [1.82, 2.24) is 5.32 Å². The molecule has 1 aliphatic rings. The van der Waals surface area contributed by atoms with Crippen LogP contribution in [0.15, 0.2) is 18.2 Å². The predicted octanol–water partition coefficient (Wildman–Crippen LogP) is 2.45. The highest BCUT2D eigenvalue weighted by Gasteiger charge is 2.24. The maximum absolute atomic E-state index is 12.1. The van der Waals surface area contributed by atoms with Gasteiger partial charge in [0.1, 0.15) is 0 Å². The van der Waals surface area contributed by atoms with E-state index in [-0.39, 0.29) is 12.5 Å². The third-order valence-electron chi connectivity index (χ3n) is 4.08.